The summed E-state index contributed by atoms with van der Waals surface area (Å²) >= 11 is 0. The summed E-state index contributed by atoms with van der Waals surface area (Å²) < 4.78 is 28.5. The number of carbonyl (C=O) groups excluding carboxylic acids is 1. The first-order valence-corrected chi connectivity index (χ1v) is 9.73. The van der Waals surface area contributed by atoms with E-state index in [4.69, 9.17) is 4.18 Å². The zero-order valence-electron chi connectivity index (χ0n) is 13.5. The largest absolute Gasteiger partial charge is 0.299 e. The van der Waals surface area contributed by atoms with Crippen LogP contribution in [0.2, 0.25) is 0 Å². The normalized spacial score (nSPS) is 49.1. The molecule has 4 aliphatic rings. The summed E-state index contributed by atoms with van der Waals surface area (Å²) in [5.41, 5.74) is -0.569. The van der Waals surface area contributed by atoms with Crippen LogP contribution < -0.4 is 0 Å². The molecule has 0 aromatic heterocycles. The van der Waals surface area contributed by atoms with Crippen LogP contribution in [0.1, 0.15) is 47.0 Å². The van der Waals surface area contributed by atoms with Gasteiger partial charge in [-0.3, -0.25) is 8.98 Å². The Balaban J connectivity index is 2.00. The van der Waals surface area contributed by atoms with Crippen LogP contribution in [-0.2, 0) is 19.1 Å². The summed E-state index contributed by atoms with van der Waals surface area (Å²) in [5, 5.41) is 0. The number of ketones is 1. The van der Waals surface area contributed by atoms with Gasteiger partial charge in [-0.1, -0.05) is 27.7 Å². The third kappa shape index (κ3) is 2.03. The van der Waals surface area contributed by atoms with E-state index >= 15 is 0 Å². The Morgan fingerprint density at radius 2 is 1.86 bits per heavy atom. The highest BCUT2D eigenvalue weighted by Crippen LogP contribution is 2.70. The molecular formula is C16H26O4S. The van der Waals surface area contributed by atoms with E-state index in [9.17, 15) is 13.2 Å². The molecule has 0 radical (unpaired) electrons. The lowest BCUT2D eigenvalue weighted by molar-refractivity contribution is -0.158. The van der Waals surface area contributed by atoms with Crippen molar-refractivity contribution in [3.8, 4) is 0 Å². The number of Topliss-reactive ketones (excluding diaryl/α,β-unsaturated/α-hetero) is 1. The van der Waals surface area contributed by atoms with E-state index in [1.807, 2.05) is 6.92 Å². The van der Waals surface area contributed by atoms with Gasteiger partial charge in [0, 0.05) is 11.3 Å². The van der Waals surface area contributed by atoms with Crippen LogP contribution in [0.3, 0.4) is 0 Å². The van der Waals surface area contributed by atoms with Gasteiger partial charge in [-0.2, -0.15) is 8.42 Å². The van der Waals surface area contributed by atoms with E-state index in [0.717, 1.165) is 19.1 Å². The Morgan fingerprint density at radius 3 is 2.38 bits per heavy atom. The number of carbonyl (C=O) groups is 1. The van der Waals surface area contributed by atoms with E-state index in [2.05, 4.69) is 20.8 Å². The van der Waals surface area contributed by atoms with Crippen molar-refractivity contribution in [1.82, 2.24) is 0 Å². The predicted molar refractivity (Wildman–Crippen MR) is 80.1 cm³/mol. The minimum absolute atomic E-state index is 0.0816. The summed E-state index contributed by atoms with van der Waals surface area (Å²) in [5.74, 6) is 1.64. The minimum Gasteiger partial charge on any atom is -0.299 e. The number of hydrogen-bond donors (Lipinski definition) is 0. The zero-order valence-corrected chi connectivity index (χ0v) is 14.4. The van der Waals surface area contributed by atoms with Gasteiger partial charge in [0.05, 0.1) is 12.4 Å². The summed E-state index contributed by atoms with van der Waals surface area (Å²) in [6.45, 7) is 8.55. The molecule has 0 heterocycles. The van der Waals surface area contributed by atoms with Crippen LogP contribution in [0.4, 0.5) is 0 Å². The molecule has 4 nitrogen and oxygen atoms in total. The quantitative estimate of drug-likeness (QED) is 0.751. The maximum absolute atomic E-state index is 12.9. The molecule has 0 N–H and O–H groups in total. The second-order valence-electron chi connectivity index (χ2n) is 8.29. The van der Waals surface area contributed by atoms with Crippen molar-refractivity contribution in [2.75, 3.05) is 6.26 Å². The fourth-order valence-corrected chi connectivity index (χ4v) is 6.36. The number of fused-ring (bicyclic) bond motifs is 1. The first kappa shape index (κ1) is 15.5. The molecule has 0 saturated heterocycles. The summed E-state index contributed by atoms with van der Waals surface area (Å²) in [7, 11) is -3.49. The molecular weight excluding hydrogens is 288 g/mol. The number of rotatable bonds is 3. The van der Waals surface area contributed by atoms with Gasteiger partial charge < -0.3 is 0 Å². The smallest absolute Gasteiger partial charge is 0.264 e. The van der Waals surface area contributed by atoms with Crippen molar-refractivity contribution in [2.45, 2.75) is 53.1 Å². The molecule has 0 aromatic carbocycles. The summed E-state index contributed by atoms with van der Waals surface area (Å²) in [6.07, 6.45) is 3.14. The molecule has 120 valence electrons. The first-order valence-electron chi connectivity index (χ1n) is 7.91. The molecule has 4 aliphatic carbocycles. The van der Waals surface area contributed by atoms with Crippen LogP contribution >= 0.6 is 0 Å². The average Bonchev–Trinajstić information content (AvgIpc) is 2.49. The van der Waals surface area contributed by atoms with Gasteiger partial charge in [0.15, 0.2) is 0 Å². The third-order valence-electron chi connectivity index (χ3n) is 6.64. The van der Waals surface area contributed by atoms with Crippen molar-refractivity contribution in [3.05, 3.63) is 0 Å². The van der Waals surface area contributed by atoms with Gasteiger partial charge in [-0.05, 0) is 42.4 Å². The highest BCUT2D eigenvalue weighted by molar-refractivity contribution is 7.86. The van der Waals surface area contributed by atoms with E-state index in [0.29, 0.717) is 24.0 Å². The molecule has 6 atom stereocenters. The molecule has 4 bridgehead atoms. The highest BCUT2D eigenvalue weighted by atomic mass is 32.2. The van der Waals surface area contributed by atoms with Gasteiger partial charge in [0.1, 0.15) is 5.78 Å². The fraction of sp³-hybridized carbons (Fsp3) is 0.938. The predicted octanol–water partition coefficient (Wildman–Crippen LogP) is 2.63. The Morgan fingerprint density at radius 1 is 1.24 bits per heavy atom. The van der Waals surface area contributed by atoms with Crippen LogP contribution in [0.25, 0.3) is 0 Å². The molecule has 0 aromatic rings. The maximum atomic E-state index is 12.9. The van der Waals surface area contributed by atoms with Crippen molar-refractivity contribution in [3.63, 3.8) is 0 Å². The molecule has 0 amide bonds. The molecule has 21 heavy (non-hydrogen) atoms. The molecule has 0 aliphatic heterocycles. The SMILES string of the molecule is CC(C)[C@@H]1C[C@H]2[C@@]3(C)C[C@@H]1C(=O)[C@]2(C)C[C@@H]3OS(C)(=O)=O. The van der Waals surface area contributed by atoms with Crippen molar-refractivity contribution >= 4 is 15.9 Å². The van der Waals surface area contributed by atoms with Crippen LogP contribution in [0.5, 0.6) is 0 Å². The van der Waals surface area contributed by atoms with E-state index < -0.39 is 15.5 Å². The van der Waals surface area contributed by atoms with Crippen LogP contribution in [0, 0.1) is 34.5 Å². The Bertz CT molecular complexity index is 581. The zero-order chi connectivity index (χ0) is 15.8. The third-order valence-corrected chi connectivity index (χ3v) is 7.22. The van der Waals surface area contributed by atoms with E-state index in [1.165, 1.54) is 0 Å². The lowest BCUT2D eigenvalue weighted by Crippen LogP contribution is -2.57. The minimum atomic E-state index is -3.49. The number of hydrogen-bond acceptors (Lipinski definition) is 4. The Kier molecular flexibility index (Phi) is 3.18. The van der Waals surface area contributed by atoms with Gasteiger partial charge in [-0.15, -0.1) is 0 Å². The van der Waals surface area contributed by atoms with Gasteiger partial charge >= 0.3 is 0 Å². The molecule has 5 heteroatoms. The maximum Gasteiger partial charge on any atom is 0.264 e. The lowest BCUT2D eigenvalue weighted by atomic mass is 9.47. The van der Waals surface area contributed by atoms with Gasteiger partial charge in [-0.25, -0.2) is 0 Å². The highest BCUT2D eigenvalue weighted by Gasteiger charge is 2.71. The monoisotopic (exact) mass is 314 g/mol. The summed E-state index contributed by atoms with van der Waals surface area (Å²) in [6, 6.07) is 0. The standard InChI is InChI=1S/C16H26O4S/c1-9(2)10-6-12-15(3)7-11(10)14(17)16(12,4)8-13(15)20-21(5,18)19/h9-13H,6-8H2,1-5H3/t10-,11-,12-,13-,15+,16+/m0/s1. The second-order valence-corrected chi connectivity index (χ2v) is 9.89. The Hall–Kier alpha value is -0.420. The van der Waals surface area contributed by atoms with E-state index in [-0.39, 0.29) is 23.4 Å². The fourth-order valence-electron chi connectivity index (χ4n) is 5.65. The molecule has 4 fully saturated rings. The van der Waals surface area contributed by atoms with E-state index in [1.54, 1.807) is 0 Å². The average molecular weight is 314 g/mol. The van der Waals surface area contributed by atoms with Gasteiger partial charge in [0.2, 0.25) is 0 Å². The van der Waals surface area contributed by atoms with Gasteiger partial charge in [0.25, 0.3) is 10.1 Å². The molecule has 0 spiro atoms. The first-order chi connectivity index (χ1) is 9.49. The van der Waals surface area contributed by atoms with Crippen molar-refractivity contribution < 1.29 is 17.4 Å². The molecule has 4 saturated carbocycles. The van der Waals surface area contributed by atoms with Crippen LogP contribution in [-0.4, -0.2) is 26.6 Å². The van der Waals surface area contributed by atoms with Crippen LogP contribution in [0.15, 0.2) is 0 Å². The Labute approximate surface area is 127 Å². The lowest BCUT2D eigenvalue weighted by Gasteiger charge is -2.56. The summed E-state index contributed by atoms with van der Waals surface area (Å²) in [4.78, 5) is 12.9. The van der Waals surface area contributed by atoms with Crippen molar-refractivity contribution in [2.24, 2.45) is 34.5 Å². The topological polar surface area (TPSA) is 60.4 Å². The molecule has 0 unspecified atom stereocenters. The second kappa shape index (κ2) is 4.31. The van der Waals surface area contributed by atoms with Crippen molar-refractivity contribution in [1.29, 1.82) is 0 Å². The molecule has 4 rings (SSSR count).